The summed E-state index contributed by atoms with van der Waals surface area (Å²) in [5.74, 6) is 0.293. The third-order valence-corrected chi connectivity index (χ3v) is 4.70. The molecule has 1 atom stereocenters. The third kappa shape index (κ3) is 3.41. The Bertz CT molecular complexity index is 797. The standard InChI is InChI=1S/C19H23N3O2/c1-22(12-16-6-3-7-18(23)21-16)19(24)14-9-8-13-4-2-5-15(11-20)17(13)10-14/h3,6-10,15H,2,4-5,11-12,20H2,1H3,(H,21,23). The number of nitrogens with zero attached hydrogens (tertiary/aromatic N) is 1. The molecular weight excluding hydrogens is 302 g/mol. The average molecular weight is 325 g/mol. The van der Waals surface area contributed by atoms with Crippen LogP contribution in [0.1, 0.15) is 45.9 Å². The molecule has 1 aliphatic carbocycles. The predicted octanol–water partition coefficient (Wildman–Crippen LogP) is 2.03. The summed E-state index contributed by atoms with van der Waals surface area (Å²) in [5, 5.41) is 0. The zero-order valence-corrected chi connectivity index (χ0v) is 13.9. The smallest absolute Gasteiger partial charge is 0.253 e. The number of aromatic nitrogens is 1. The van der Waals surface area contributed by atoms with Gasteiger partial charge in [0.05, 0.1) is 6.54 Å². The molecule has 1 aromatic carbocycles. The Morgan fingerprint density at radius 3 is 2.92 bits per heavy atom. The second-order valence-corrected chi connectivity index (χ2v) is 6.44. The molecule has 24 heavy (non-hydrogen) atoms. The minimum absolute atomic E-state index is 0.0520. The minimum Gasteiger partial charge on any atom is -0.336 e. The highest BCUT2D eigenvalue weighted by Gasteiger charge is 2.21. The lowest BCUT2D eigenvalue weighted by molar-refractivity contribution is 0.0783. The summed E-state index contributed by atoms with van der Waals surface area (Å²) in [5.41, 5.74) is 9.65. The van der Waals surface area contributed by atoms with E-state index in [1.807, 2.05) is 18.2 Å². The van der Waals surface area contributed by atoms with Crippen LogP contribution in [0, 0.1) is 0 Å². The van der Waals surface area contributed by atoms with Crippen molar-refractivity contribution in [2.75, 3.05) is 13.6 Å². The van der Waals surface area contributed by atoms with Gasteiger partial charge in [-0.2, -0.15) is 0 Å². The minimum atomic E-state index is -0.159. The van der Waals surface area contributed by atoms with E-state index < -0.39 is 0 Å². The molecule has 1 amide bonds. The van der Waals surface area contributed by atoms with Crippen LogP contribution < -0.4 is 11.3 Å². The molecular formula is C19H23N3O2. The van der Waals surface area contributed by atoms with E-state index in [1.54, 1.807) is 18.0 Å². The lowest BCUT2D eigenvalue weighted by Gasteiger charge is -2.25. The van der Waals surface area contributed by atoms with E-state index in [-0.39, 0.29) is 11.5 Å². The van der Waals surface area contributed by atoms with Crippen molar-refractivity contribution in [2.24, 2.45) is 5.73 Å². The Labute approximate surface area is 141 Å². The molecule has 0 spiro atoms. The molecule has 5 nitrogen and oxygen atoms in total. The van der Waals surface area contributed by atoms with E-state index in [0.717, 1.165) is 25.0 Å². The van der Waals surface area contributed by atoms with Crippen molar-refractivity contribution >= 4 is 5.91 Å². The van der Waals surface area contributed by atoms with Gasteiger partial charge in [-0.05, 0) is 61.1 Å². The van der Waals surface area contributed by atoms with Gasteiger partial charge in [-0.25, -0.2) is 0 Å². The summed E-state index contributed by atoms with van der Waals surface area (Å²) in [6.45, 7) is 0.984. The van der Waals surface area contributed by atoms with Gasteiger partial charge in [0.2, 0.25) is 5.56 Å². The highest BCUT2D eigenvalue weighted by molar-refractivity contribution is 5.94. The molecule has 126 valence electrons. The third-order valence-electron chi connectivity index (χ3n) is 4.70. The first-order valence-corrected chi connectivity index (χ1v) is 8.35. The van der Waals surface area contributed by atoms with Gasteiger partial charge in [-0.3, -0.25) is 9.59 Å². The zero-order valence-electron chi connectivity index (χ0n) is 13.9. The summed E-state index contributed by atoms with van der Waals surface area (Å²) in [6.07, 6.45) is 3.30. The summed E-state index contributed by atoms with van der Waals surface area (Å²) in [4.78, 5) is 28.5. The number of aryl methyl sites for hydroxylation is 1. The topological polar surface area (TPSA) is 79.2 Å². The Balaban J connectivity index is 1.80. The molecule has 5 heteroatoms. The number of hydrogen-bond donors (Lipinski definition) is 2. The number of nitrogens with two attached hydrogens (primary N) is 1. The van der Waals surface area contributed by atoms with E-state index in [0.29, 0.717) is 24.6 Å². The van der Waals surface area contributed by atoms with E-state index in [2.05, 4.69) is 11.1 Å². The number of aromatic amines is 1. The van der Waals surface area contributed by atoms with Crippen LogP contribution in [0.3, 0.4) is 0 Å². The molecule has 0 fully saturated rings. The van der Waals surface area contributed by atoms with E-state index >= 15 is 0 Å². The Kier molecular flexibility index (Phi) is 4.81. The maximum atomic E-state index is 12.7. The monoisotopic (exact) mass is 325 g/mol. The molecule has 1 aromatic heterocycles. The second-order valence-electron chi connectivity index (χ2n) is 6.44. The molecule has 0 bridgehead atoms. The Morgan fingerprint density at radius 2 is 2.17 bits per heavy atom. The fourth-order valence-electron chi connectivity index (χ4n) is 3.41. The van der Waals surface area contributed by atoms with E-state index in [9.17, 15) is 9.59 Å². The lowest BCUT2D eigenvalue weighted by Crippen LogP contribution is -2.28. The van der Waals surface area contributed by atoms with Crippen LogP contribution in [-0.2, 0) is 13.0 Å². The summed E-state index contributed by atoms with van der Waals surface area (Å²) in [7, 11) is 1.74. The number of carbonyl (C=O) groups excluding carboxylic acids is 1. The summed E-state index contributed by atoms with van der Waals surface area (Å²) < 4.78 is 0. The summed E-state index contributed by atoms with van der Waals surface area (Å²) >= 11 is 0. The Morgan fingerprint density at radius 1 is 1.33 bits per heavy atom. The van der Waals surface area contributed by atoms with Crippen LogP contribution >= 0.6 is 0 Å². The number of fused-ring (bicyclic) bond motifs is 1. The Hall–Kier alpha value is -2.40. The van der Waals surface area contributed by atoms with Crippen LogP contribution in [0.4, 0.5) is 0 Å². The van der Waals surface area contributed by atoms with Gasteiger partial charge in [0, 0.05) is 24.4 Å². The van der Waals surface area contributed by atoms with E-state index in [4.69, 9.17) is 5.73 Å². The largest absolute Gasteiger partial charge is 0.336 e. The van der Waals surface area contributed by atoms with Gasteiger partial charge < -0.3 is 15.6 Å². The number of benzene rings is 1. The molecule has 0 saturated carbocycles. The van der Waals surface area contributed by atoms with Crippen LogP contribution in [0.15, 0.2) is 41.2 Å². The van der Waals surface area contributed by atoms with Crippen molar-refractivity contribution in [1.82, 2.24) is 9.88 Å². The number of nitrogens with one attached hydrogen (secondary N) is 1. The second kappa shape index (κ2) is 7.01. The molecule has 2 aromatic rings. The van der Waals surface area contributed by atoms with Gasteiger partial charge in [-0.1, -0.05) is 12.1 Å². The maximum absolute atomic E-state index is 12.7. The normalized spacial score (nSPS) is 16.5. The first-order valence-electron chi connectivity index (χ1n) is 8.35. The van der Waals surface area contributed by atoms with Gasteiger partial charge in [0.1, 0.15) is 0 Å². The quantitative estimate of drug-likeness (QED) is 0.902. The SMILES string of the molecule is CN(Cc1cccc(=O)[nH]1)C(=O)c1ccc2c(c1)C(CN)CCC2. The van der Waals surface area contributed by atoms with Crippen LogP contribution in [0.5, 0.6) is 0 Å². The number of hydrogen-bond acceptors (Lipinski definition) is 3. The van der Waals surface area contributed by atoms with Gasteiger partial charge in [-0.15, -0.1) is 0 Å². The van der Waals surface area contributed by atoms with Crippen LogP contribution in [0.25, 0.3) is 0 Å². The number of amides is 1. The molecule has 1 aliphatic rings. The molecule has 0 aliphatic heterocycles. The molecule has 0 saturated heterocycles. The fraction of sp³-hybridized carbons (Fsp3) is 0.368. The molecule has 3 N–H and O–H groups in total. The fourth-order valence-corrected chi connectivity index (χ4v) is 3.41. The van der Waals surface area contributed by atoms with Crippen LogP contribution in [0.2, 0.25) is 0 Å². The molecule has 3 rings (SSSR count). The number of pyridine rings is 1. The summed E-state index contributed by atoms with van der Waals surface area (Å²) in [6, 6.07) is 10.9. The van der Waals surface area contributed by atoms with Crippen molar-refractivity contribution in [3.8, 4) is 0 Å². The van der Waals surface area contributed by atoms with Gasteiger partial charge in [0.15, 0.2) is 0 Å². The molecule has 1 unspecified atom stereocenters. The number of H-pyrrole nitrogens is 1. The predicted molar refractivity (Wildman–Crippen MR) is 94.0 cm³/mol. The average Bonchev–Trinajstić information content (AvgIpc) is 2.60. The first kappa shape index (κ1) is 16.5. The van der Waals surface area contributed by atoms with Gasteiger partial charge >= 0.3 is 0 Å². The highest BCUT2D eigenvalue weighted by atomic mass is 16.2. The van der Waals surface area contributed by atoms with Crippen molar-refractivity contribution in [3.63, 3.8) is 0 Å². The lowest BCUT2D eigenvalue weighted by atomic mass is 9.82. The zero-order chi connectivity index (χ0) is 17.1. The van der Waals surface area contributed by atoms with E-state index in [1.165, 1.54) is 17.2 Å². The van der Waals surface area contributed by atoms with Gasteiger partial charge in [0.25, 0.3) is 5.91 Å². The molecule has 0 radical (unpaired) electrons. The van der Waals surface area contributed by atoms with Crippen molar-refractivity contribution in [3.05, 3.63) is 69.1 Å². The van der Waals surface area contributed by atoms with Crippen molar-refractivity contribution < 1.29 is 4.79 Å². The first-order chi connectivity index (χ1) is 11.6. The number of rotatable bonds is 4. The van der Waals surface area contributed by atoms with Crippen molar-refractivity contribution in [2.45, 2.75) is 31.7 Å². The maximum Gasteiger partial charge on any atom is 0.253 e. The van der Waals surface area contributed by atoms with Crippen LogP contribution in [-0.4, -0.2) is 29.4 Å². The van der Waals surface area contributed by atoms with Crippen molar-refractivity contribution in [1.29, 1.82) is 0 Å². The molecule has 1 heterocycles. The highest BCUT2D eigenvalue weighted by Crippen LogP contribution is 2.31. The number of carbonyl (C=O) groups is 1.